The van der Waals surface area contributed by atoms with Crippen LogP contribution >= 0.6 is 0 Å². The van der Waals surface area contributed by atoms with Gasteiger partial charge in [-0.25, -0.2) is 4.79 Å². The predicted octanol–water partition coefficient (Wildman–Crippen LogP) is 0.764. The SMILES string of the molecule is NC(=O)Nc1[nH]c(-c2cccc(CO)c2)cc1C(N)=O. The summed E-state index contributed by atoms with van der Waals surface area (Å²) in [6.45, 7) is -0.0936. The number of nitrogens with two attached hydrogens (primary N) is 2. The van der Waals surface area contributed by atoms with Gasteiger partial charge in [-0.05, 0) is 23.3 Å². The minimum Gasteiger partial charge on any atom is -0.392 e. The van der Waals surface area contributed by atoms with E-state index in [1.807, 2.05) is 0 Å². The van der Waals surface area contributed by atoms with E-state index in [9.17, 15) is 9.59 Å². The average Bonchev–Trinajstić information content (AvgIpc) is 2.82. The van der Waals surface area contributed by atoms with Crippen molar-refractivity contribution in [3.63, 3.8) is 0 Å². The largest absolute Gasteiger partial charge is 0.392 e. The van der Waals surface area contributed by atoms with Crippen molar-refractivity contribution < 1.29 is 14.7 Å². The van der Waals surface area contributed by atoms with E-state index in [4.69, 9.17) is 16.6 Å². The van der Waals surface area contributed by atoms with E-state index in [1.54, 1.807) is 24.3 Å². The summed E-state index contributed by atoms with van der Waals surface area (Å²) in [5.74, 6) is -0.538. The Morgan fingerprint density at radius 1 is 1.25 bits per heavy atom. The van der Waals surface area contributed by atoms with Crippen LogP contribution < -0.4 is 16.8 Å². The molecule has 2 rings (SSSR count). The van der Waals surface area contributed by atoms with Gasteiger partial charge in [0.15, 0.2) is 0 Å². The highest BCUT2D eigenvalue weighted by molar-refractivity contribution is 6.02. The highest BCUT2D eigenvalue weighted by atomic mass is 16.3. The molecule has 7 N–H and O–H groups in total. The van der Waals surface area contributed by atoms with Crippen molar-refractivity contribution in [2.75, 3.05) is 5.32 Å². The second kappa shape index (κ2) is 5.45. The highest BCUT2D eigenvalue weighted by Gasteiger charge is 2.15. The maximum Gasteiger partial charge on any atom is 0.317 e. The van der Waals surface area contributed by atoms with Crippen LogP contribution in [-0.4, -0.2) is 22.0 Å². The van der Waals surface area contributed by atoms with Crippen LogP contribution in [0.25, 0.3) is 11.3 Å². The van der Waals surface area contributed by atoms with Gasteiger partial charge >= 0.3 is 6.03 Å². The predicted molar refractivity (Wildman–Crippen MR) is 73.9 cm³/mol. The first-order chi connectivity index (χ1) is 9.51. The Hall–Kier alpha value is -2.80. The second-order valence-electron chi connectivity index (χ2n) is 4.18. The number of amides is 3. The number of hydrogen-bond acceptors (Lipinski definition) is 3. The Morgan fingerprint density at radius 2 is 2.00 bits per heavy atom. The number of nitrogens with one attached hydrogen (secondary N) is 2. The number of aromatic nitrogens is 1. The molecule has 104 valence electrons. The lowest BCUT2D eigenvalue weighted by Crippen LogP contribution is -2.22. The first-order valence-electron chi connectivity index (χ1n) is 5.80. The number of anilines is 1. The smallest absolute Gasteiger partial charge is 0.317 e. The van der Waals surface area contributed by atoms with Gasteiger partial charge in [-0.2, -0.15) is 0 Å². The summed E-state index contributed by atoms with van der Waals surface area (Å²) in [5.41, 5.74) is 12.5. The molecule has 0 aliphatic carbocycles. The van der Waals surface area contributed by atoms with Crippen LogP contribution in [0, 0.1) is 0 Å². The minimum absolute atomic E-state index is 0.0936. The van der Waals surface area contributed by atoms with Crippen molar-refractivity contribution >= 4 is 17.8 Å². The Labute approximate surface area is 114 Å². The number of benzene rings is 1. The zero-order chi connectivity index (χ0) is 14.7. The maximum absolute atomic E-state index is 11.3. The Morgan fingerprint density at radius 3 is 2.60 bits per heavy atom. The van der Waals surface area contributed by atoms with E-state index in [0.29, 0.717) is 5.69 Å². The molecule has 20 heavy (non-hydrogen) atoms. The van der Waals surface area contributed by atoms with Gasteiger partial charge in [0.2, 0.25) is 0 Å². The van der Waals surface area contributed by atoms with Gasteiger partial charge in [0, 0.05) is 5.69 Å². The molecule has 0 fully saturated rings. The zero-order valence-corrected chi connectivity index (χ0v) is 10.5. The van der Waals surface area contributed by atoms with Crippen LogP contribution in [0.1, 0.15) is 15.9 Å². The molecule has 0 saturated heterocycles. The number of carbonyl (C=O) groups excluding carboxylic acids is 2. The third-order valence-corrected chi connectivity index (χ3v) is 2.75. The normalized spacial score (nSPS) is 10.2. The van der Waals surface area contributed by atoms with Gasteiger partial charge in [-0.3, -0.25) is 10.1 Å². The summed E-state index contributed by atoms with van der Waals surface area (Å²) in [6.07, 6.45) is 0. The van der Waals surface area contributed by atoms with Crippen molar-refractivity contribution in [1.82, 2.24) is 4.98 Å². The fourth-order valence-corrected chi connectivity index (χ4v) is 1.86. The van der Waals surface area contributed by atoms with Crippen molar-refractivity contribution in [3.8, 4) is 11.3 Å². The van der Waals surface area contributed by atoms with Crippen LogP contribution in [-0.2, 0) is 6.61 Å². The van der Waals surface area contributed by atoms with E-state index in [2.05, 4.69) is 10.3 Å². The summed E-state index contributed by atoms with van der Waals surface area (Å²) < 4.78 is 0. The summed E-state index contributed by atoms with van der Waals surface area (Å²) >= 11 is 0. The van der Waals surface area contributed by atoms with E-state index < -0.39 is 11.9 Å². The molecule has 0 aliphatic rings. The number of primary amides is 2. The minimum atomic E-state index is -0.801. The van der Waals surface area contributed by atoms with Gasteiger partial charge < -0.3 is 21.6 Å². The molecule has 2 aromatic rings. The summed E-state index contributed by atoms with van der Waals surface area (Å²) in [5, 5.41) is 11.4. The second-order valence-corrected chi connectivity index (χ2v) is 4.18. The quantitative estimate of drug-likeness (QED) is 0.563. The molecule has 7 heteroatoms. The first kappa shape index (κ1) is 13.6. The molecule has 0 atom stereocenters. The maximum atomic E-state index is 11.3. The topological polar surface area (TPSA) is 134 Å². The van der Waals surface area contributed by atoms with Crippen molar-refractivity contribution in [2.24, 2.45) is 11.5 Å². The Bertz CT molecular complexity index is 663. The molecule has 1 heterocycles. The molecular formula is C13H14N4O3. The Kier molecular flexibility index (Phi) is 3.72. The van der Waals surface area contributed by atoms with Crippen molar-refractivity contribution in [1.29, 1.82) is 0 Å². The van der Waals surface area contributed by atoms with Crippen LogP contribution in [0.5, 0.6) is 0 Å². The number of rotatable bonds is 4. The van der Waals surface area contributed by atoms with Gasteiger partial charge in [0.05, 0.1) is 12.2 Å². The molecule has 3 amide bonds. The van der Waals surface area contributed by atoms with Crippen LogP contribution in [0.2, 0.25) is 0 Å². The number of hydrogen-bond donors (Lipinski definition) is 5. The van der Waals surface area contributed by atoms with Gasteiger partial charge in [-0.1, -0.05) is 18.2 Å². The fraction of sp³-hybridized carbons (Fsp3) is 0.0769. The van der Waals surface area contributed by atoms with Crippen LogP contribution in [0.15, 0.2) is 30.3 Å². The number of aliphatic hydroxyl groups excluding tert-OH is 1. The van der Waals surface area contributed by atoms with E-state index in [-0.39, 0.29) is 18.0 Å². The standard InChI is InChI=1S/C13H14N4O3/c14-11(19)9-5-10(16-12(9)17-13(15)20)8-3-1-2-7(4-8)6-18/h1-5,16,18H,6H2,(H2,14,19)(H3,15,17,20). The lowest BCUT2D eigenvalue weighted by atomic mass is 10.1. The monoisotopic (exact) mass is 274 g/mol. The first-order valence-corrected chi connectivity index (χ1v) is 5.80. The number of H-pyrrole nitrogens is 1. The molecule has 0 radical (unpaired) electrons. The lowest BCUT2D eigenvalue weighted by Gasteiger charge is -2.02. The van der Waals surface area contributed by atoms with E-state index in [1.165, 1.54) is 6.07 Å². The van der Waals surface area contributed by atoms with Gasteiger partial charge in [0.1, 0.15) is 5.82 Å². The van der Waals surface area contributed by atoms with Crippen molar-refractivity contribution in [2.45, 2.75) is 6.61 Å². The molecule has 0 unspecified atom stereocenters. The third kappa shape index (κ3) is 2.78. The van der Waals surface area contributed by atoms with E-state index in [0.717, 1.165) is 11.1 Å². The lowest BCUT2D eigenvalue weighted by molar-refractivity contribution is 0.100. The number of urea groups is 1. The third-order valence-electron chi connectivity index (χ3n) is 2.75. The van der Waals surface area contributed by atoms with Crippen LogP contribution in [0.3, 0.4) is 0 Å². The molecule has 0 saturated carbocycles. The molecular weight excluding hydrogens is 260 g/mol. The fourth-order valence-electron chi connectivity index (χ4n) is 1.86. The van der Waals surface area contributed by atoms with Crippen molar-refractivity contribution in [3.05, 3.63) is 41.5 Å². The highest BCUT2D eigenvalue weighted by Crippen LogP contribution is 2.25. The molecule has 7 nitrogen and oxygen atoms in total. The number of carbonyl (C=O) groups is 2. The Balaban J connectivity index is 2.46. The molecule has 0 spiro atoms. The zero-order valence-electron chi connectivity index (χ0n) is 10.5. The number of aromatic amines is 1. The molecule has 0 aliphatic heterocycles. The van der Waals surface area contributed by atoms with E-state index >= 15 is 0 Å². The molecule has 1 aromatic carbocycles. The van der Waals surface area contributed by atoms with Gasteiger partial charge in [0.25, 0.3) is 5.91 Å². The summed E-state index contributed by atoms with van der Waals surface area (Å²) in [6, 6.07) is 7.81. The molecule has 1 aromatic heterocycles. The average molecular weight is 274 g/mol. The molecule has 0 bridgehead atoms. The summed E-state index contributed by atoms with van der Waals surface area (Å²) in [7, 11) is 0. The summed E-state index contributed by atoms with van der Waals surface area (Å²) in [4.78, 5) is 25.1. The van der Waals surface area contributed by atoms with Gasteiger partial charge in [-0.15, -0.1) is 0 Å². The van der Waals surface area contributed by atoms with Crippen LogP contribution in [0.4, 0.5) is 10.6 Å². The number of aliphatic hydroxyl groups is 1.